The maximum Gasteiger partial charge on any atom is 0.177 e. The van der Waals surface area contributed by atoms with Gasteiger partial charge in [-0.1, -0.05) is 12.1 Å². The molecular weight excluding hydrogens is 212 g/mol. The predicted molar refractivity (Wildman–Crippen MR) is 56.7 cm³/mol. The first-order valence-corrected chi connectivity index (χ1v) is 6.25. The van der Waals surface area contributed by atoms with Crippen molar-refractivity contribution in [2.24, 2.45) is 0 Å². The summed E-state index contributed by atoms with van der Waals surface area (Å²) in [4.78, 5) is 4.20. The molecule has 2 rings (SSSR count). The lowest BCUT2D eigenvalue weighted by Gasteiger charge is -2.07. The molecule has 0 aliphatic rings. The largest absolute Gasteiger partial charge is 0.305 e. The van der Waals surface area contributed by atoms with E-state index in [0.29, 0.717) is 10.6 Å². The fourth-order valence-electron chi connectivity index (χ4n) is 1.39. The number of hydrogen-bond donors (Lipinski definition) is 0. The first-order chi connectivity index (χ1) is 7.09. The molecule has 1 heterocycles. The van der Waals surface area contributed by atoms with Gasteiger partial charge in [0.2, 0.25) is 0 Å². The molecular formula is C10H10N2O2S. The summed E-state index contributed by atoms with van der Waals surface area (Å²) in [7, 11) is -3.21. The van der Waals surface area contributed by atoms with Gasteiger partial charge in [-0.15, -0.1) is 0 Å². The van der Waals surface area contributed by atoms with Crippen LogP contribution in [0, 0.1) is 0 Å². The molecule has 5 heteroatoms. The number of rotatable bonds is 2. The van der Waals surface area contributed by atoms with Crippen molar-refractivity contribution in [1.29, 1.82) is 0 Å². The van der Waals surface area contributed by atoms with E-state index in [1.165, 1.54) is 6.26 Å². The van der Waals surface area contributed by atoms with Crippen molar-refractivity contribution in [2.75, 3.05) is 6.26 Å². The molecule has 0 amide bonds. The summed E-state index contributed by atoms with van der Waals surface area (Å²) in [6, 6.07) is 6.84. The Balaban J connectivity index is 2.68. The van der Waals surface area contributed by atoms with Gasteiger partial charge >= 0.3 is 0 Å². The van der Waals surface area contributed by atoms with E-state index in [0.717, 1.165) is 0 Å². The van der Waals surface area contributed by atoms with Crippen molar-refractivity contribution >= 4 is 9.84 Å². The van der Waals surface area contributed by atoms with Gasteiger partial charge in [0, 0.05) is 18.6 Å². The highest BCUT2D eigenvalue weighted by Gasteiger charge is 2.12. The van der Waals surface area contributed by atoms with Crippen molar-refractivity contribution in [2.45, 2.75) is 4.90 Å². The highest BCUT2D eigenvalue weighted by atomic mass is 32.2. The van der Waals surface area contributed by atoms with Crippen molar-refractivity contribution in [3.05, 3.63) is 43.0 Å². The third-order valence-corrected chi connectivity index (χ3v) is 3.19. The highest BCUT2D eigenvalue weighted by Crippen LogP contribution is 2.18. The van der Waals surface area contributed by atoms with E-state index >= 15 is 0 Å². The van der Waals surface area contributed by atoms with Gasteiger partial charge < -0.3 is 4.57 Å². The smallest absolute Gasteiger partial charge is 0.177 e. The molecule has 0 aliphatic carbocycles. The molecule has 0 radical (unpaired) electrons. The van der Waals surface area contributed by atoms with E-state index in [1.54, 1.807) is 47.6 Å². The monoisotopic (exact) mass is 222 g/mol. The summed E-state index contributed by atoms with van der Waals surface area (Å²) in [5, 5.41) is 0. The van der Waals surface area contributed by atoms with Gasteiger partial charge in [0.1, 0.15) is 0 Å². The van der Waals surface area contributed by atoms with Crippen LogP contribution in [-0.4, -0.2) is 24.2 Å². The molecule has 0 N–H and O–H groups in total. The van der Waals surface area contributed by atoms with Gasteiger partial charge in [-0.05, 0) is 12.1 Å². The summed E-state index contributed by atoms with van der Waals surface area (Å²) < 4.78 is 24.7. The maximum absolute atomic E-state index is 11.5. The van der Waals surface area contributed by atoms with E-state index in [4.69, 9.17) is 0 Å². The summed E-state index contributed by atoms with van der Waals surface area (Å²) >= 11 is 0. The molecule has 2 aromatic rings. The van der Waals surface area contributed by atoms with E-state index in [-0.39, 0.29) is 0 Å². The molecule has 15 heavy (non-hydrogen) atoms. The van der Waals surface area contributed by atoms with Crippen LogP contribution < -0.4 is 0 Å². The molecule has 0 spiro atoms. The molecule has 0 unspecified atom stereocenters. The standard InChI is InChI=1S/C10H10N2O2S/c1-15(13,14)10-5-3-2-4-9(10)12-7-6-11-8-12/h2-8H,1H3. The summed E-state index contributed by atoms with van der Waals surface area (Å²) in [6.45, 7) is 0. The fourth-order valence-corrected chi connectivity index (χ4v) is 2.26. The van der Waals surface area contributed by atoms with Crippen molar-refractivity contribution < 1.29 is 8.42 Å². The number of para-hydroxylation sites is 1. The van der Waals surface area contributed by atoms with E-state index in [9.17, 15) is 8.42 Å². The van der Waals surface area contributed by atoms with Crippen molar-refractivity contribution in [3.8, 4) is 5.69 Å². The lowest BCUT2D eigenvalue weighted by atomic mass is 10.3. The SMILES string of the molecule is CS(=O)(=O)c1ccccc1-n1ccnc1. The first-order valence-electron chi connectivity index (χ1n) is 4.36. The molecule has 4 nitrogen and oxygen atoms in total. The van der Waals surface area contributed by atoms with Crippen LogP contribution in [0.5, 0.6) is 0 Å². The summed E-state index contributed by atoms with van der Waals surface area (Å²) in [6.07, 6.45) is 6.09. The molecule has 0 saturated carbocycles. The third-order valence-electron chi connectivity index (χ3n) is 2.05. The highest BCUT2D eigenvalue weighted by molar-refractivity contribution is 7.90. The van der Waals surface area contributed by atoms with E-state index in [1.807, 2.05) is 0 Å². The van der Waals surface area contributed by atoms with Gasteiger partial charge in [0.25, 0.3) is 0 Å². The Morgan fingerprint density at radius 2 is 2.00 bits per heavy atom. The van der Waals surface area contributed by atoms with Gasteiger partial charge in [0.15, 0.2) is 9.84 Å². The van der Waals surface area contributed by atoms with Crippen LogP contribution in [0.4, 0.5) is 0 Å². The third kappa shape index (κ3) is 1.92. The van der Waals surface area contributed by atoms with Crippen LogP contribution in [0.15, 0.2) is 47.9 Å². The minimum absolute atomic E-state index is 0.308. The van der Waals surface area contributed by atoms with E-state index < -0.39 is 9.84 Å². The Morgan fingerprint density at radius 3 is 2.60 bits per heavy atom. The van der Waals surface area contributed by atoms with Crippen LogP contribution in [0.2, 0.25) is 0 Å². The normalized spacial score (nSPS) is 11.5. The molecule has 78 valence electrons. The lowest BCUT2D eigenvalue weighted by molar-refractivity contribution is 0.601. The Labute approximate surface area is 88.1 Å². The van der Waals surface area contributed by atoms with Crippen molar-refractivity contribution in [1.82, 2.24) is 9.55 Å². The van der Waals surface area contributed by atoms with Crippen molar-refractivity contribution in [3.63, 3.8) is 0 Å². The number of sulfone groups is 1. The van der Waals surface area contributed by atoms with Gasteiger partial charge in [-0.25, -0.2) is 13.4 Å². The second-order valence-corrected chi connectivity index (χ2v) is 5.19. The first kappa shape index (κ1) is 9.92. The van der Waals surface area contributed by atoms with Crippen LogP contribution in [0.3, 0.4) is 0 Å². The maximum atomic E-state index is 11.5. The summed E-state index contributed by atoms with van der Waals surface area (Å²) in [5.41, 5.74) is 0.623. The van der Waals surface area contributed by atoms with Gasteiger partial charge in [-0.2, -0.15) is 0 Å². The van der Waals surface area contributed by atoms with E-state index in [2.05, 4.69) is 4.98 Å². The van der Waals surface area contributed by atoms with Crippen LogP contribution in [0.25, 0.3) is 5.69 Å². The Morgan fingerprint density at radius 1 is 1.27 bits per heavy atom. The Kier molecular flexibility index (Phi) is 2.32. The topological polar surface area (TPSA) is 52.0 Å². The predicted octanol–water partition coefficient (Wildman–Crippen LogP) is 1.28. The zero-order valence-electron chi connectivity index (χ0n) is 8.16. The quantitative estimate of drug-likeness (QED) is 0.769. The average Bonchev–Trinajstić information content (AvgIpc) is 2.69. The molecule has 1 aromatic heterocycles. The zero-order chi connectivity index (χ0) is 10.9. The zero-order valence-corrected chi connectivity index (χ0v) is 8.98. The molecule has 0 fully saturated rings. The second kappa shape index (κ2) is 3.51. The van der Waals surface area contributed by atoms with Gasteiger partial charge in [0.05, 0.1) is 16.9 Å². The number of nitrogens with zero attached hydrogens (tertiary/aromatic N) is 2. The average molecular weight is 222 g/mol. The van der Waals surface area contributed by atoms with Gasteiger partial charge in [-0.3, -0.25) is 0 Å². The molecule has 0 saturated heterocycles. The molecule has 0 aliphatic heterocycles. The minimum atomic E-state index is -3.21. The van der Waals surface area contributed by atoms with Crippen LogP contribution in [0.1, 0.15) is 0 Å². The fraction of sp³-hybridized carbons (Fsp3) is 0.100. The van der Waals surface area contributed by atoms with Crippen LogP contribution >= 0.6 is 0 Å². The number of aromatic nitrogens is 2. The molecule has 0 atom stereocenters. The Hall–Kier alpha value is -1.62. The Bertz CT molecular complexity index is 559. The molecule has 0 bridgehead atoms. The second-order valence-electron chi connectivity index (χ2n) is 3.21. The lowest BCUT2D eigenvalue weighted by Crippen LogP contribution is -2.03. The molecule has 1 aromatic carbocycles. The van der Waals surface area contributed by atoms with Crippen LogP contribution in [-0.2, 0) is 9.84 Å². The number of hydrogen-bond acceptors (Lipinski definition) is 3. The number of imidazole rings is 1. The number of benzene rings is 1. The summed E-state index contributed by atoms with van der Waals surface area (Å²) in [5.74, 6) is 0. The minimum Gasteiger partial charge on any atom is -0.305 e.